The van der Waals surface area contributed by atoms with E-state index in [2.05, 4.69) is 15.3 Å². The third kappa shape index (κ3) is 3.66. The zero-order valence-corrected chi connectivity index (χ0v) is 12.8. The molecule has 1 aromatic heterocycles. The fraction of sp³-hybridized carbons (Fsp3) is 0.250. The van der Waals surface area contributed by atoms with Crippen LogP contribution in [0, 0.1) is 0 Å². The molecule has 2 N–H and O–H groups in total. The standard InChI is InChI=1S/C16H16N4O4/c21-15(20-6-7-24-13(10-20)16(22)23)11-2-1-3-12(8-11)19-14-9-17-4-5-18-14/h1-5,8-9,13H,6-7,10H2,(H,18,19)(H,22,23)/t13-/m0/s1. The summed E-state index contributed by atoms with van der Waals surface area (Å²) in [5.41, 5.74) is 1.17. The average Bonchev–Trinajstić information content (AvgIpc) is 2.62. The first kappa shape index (κ1) is 15.9. The molecule has 1 aromatic carbocycles. The van der Waals surface area contributed by atoms with Crippen molar-refractivity contribution in [2.45, 2.75) is 6.10 Å². The molecule has 1 aliphatic heterocycles. The van der Waals surface area contributed by atoms with Crippen molar-refractivity contribution in [3.05, 3.63) is 48.4 Å². The van der Waals surface area contributed by atoms with Gasteiger partial charge in [0.2, 0.25) is 0 Å². The molecule has 0 saturated carbocycles. The van der Waals surface area contributed by atoms with Crippen molar-refractivity contribution in [1.29, 1.82) is 0 Å². The molecule has 0 spiro atoms. The van der Waals surface area contributed by atoms with Crippen LogP contribution in [0.3, 0.4) is 0 Å². The molecule has 3 rings (SSSR count). The smallest absolute Gasteiger partial charge is 0.334 e. The van der Waals surface area contributed by atoms with Crippen LogP contribution in [0.1, 0.15) is 10.4 Å². The van der Waals surface area contributed by atoms with Crippen LogP contribution >= 0.6 is 0 Å². The molecule has 0 bridgehead atoms. The lowest BCUT2D eigenvalue weighted by Crippen LogP contribution is -2.48. The summed E-state index contributed by atoms with van der Waals surface area (Å²) in [5.74, 6) is -0.725. The normalized spacial score (nSPS) is 17.3. The molecule has 1 aliphatic rings. The van der Waals surface area contributed by atoms with E-state index in [4.69, 9.17) is 9.84 Å². The van der Waals surface area contributed by atoms with Crippen LogP contribution < -0.4 is 5.32 Å². The van der Waals surface area contributed by atoms with Gasteiger partial charge in [0.15, 0.2) is 6.10 Å². The highest BCUT2D eigenvalue weighted by Gasteiger charge is 2.29. The minimum absolute atomic E-state index is 0.0377. The number of amides is 1. The molecule has 1 saturated heterocycles. The molecular formula is C16H16N4O4. The van der Waals surface area contributed by atoms with Gasteiger partial charge >= 0.3 is 5.97 Å². The number of hydrogen-bond acceptors (Lipinski definition) is 6. The van der Waals surface area contributed by atoms with Crippen molar-refractivity contribution < 1.29 is 19.4 Å². The monoisotopic (exact) mass is 328 g/mol. The van der Waals surface area contributed by atoms with Crippen LogP contribution in [0.4, 0.5) is 11.5 Å². The number of hydrogen-bond donors (Lipinski definition) is 2. The second-order valence-electron chi connectivity index (χ2n) is 5.25. The van der Waals surface area contributed by atoms with Gasteiger partial charge in [0.05, 0.1) is 19.3 Å². The maximum absolute atomic E-state index is 12.6. The van der Waals surface area contributed by atoms with Gasteiger partial charge in [-0.3, -0.25) is 9.78 Å². The molecule has 124 valence electrons. The van der Waals surface area contributed by atoms with Gasteiger partial charge in [-0.05, 0) is 18.2 Å². The summed E-state index contributed by atoms with van der Waals surface area (Å²) in [7, 11) is 0. The molecule has 1 fully saturated rings. The third-order valence-electron chi connectivity index (χ3n) is 3.57. The molecular weight excluding hydrogens is 312 g/mol. The Morgan fingerprint density at radius 1 is 1.33 bits per heavy atom. The van der Waals surface area contributed by atoms with E-state index in [0.717, 1.165) is 0 Å². The molecule has 24 heavy (non-hydrogen) atoms. The summed E-state index contributed by atoms with van der Waals surface area (Å²) in [6.07, 6.45) is 3.73. The lowest BCUT2D eigenvalue weighted by molar-refractivity contribution is -0.154. The van der Waals surface area contributed by atoms with Gasteiger partial charge in [-0.1, -0.05) is 6.07 Å². The number of morpholine rings is 1. The van der Waals surface area contributed by atoms with E-state index in [1.165, 1.54) is 4.90 Å². The Balaban J connectivity index is 1.73. The quantitative estimate of drug-likeness (QED) is 0.867. The third-order valence-corrected chi connectivity index (χ3v) is 3.57. The predicted octanol–water partition coefficient (Wildman–Crippen LogP) is 1.15. The Kier molecular flexibility index (Phi) is 4.66. The van der Waals surface area contributed by atoms with Gasteiger partial charge in [0, 0.05) is 30.2 Å². The van der Waals surface area contributed by atoms with E-state index in [1.54, 1.807) is 36.8 Å². The summed E-state index contributed by atoms with van der Waals surface area (Å²) in [6.45, 7) is 0.612. The van der Waals surface area contributed by atoms with Gasteiger partial charge < -0.3 is 20.1 Å². The van der Waals surface area contributed by atoms with Crippen LogP contribution in [0.15, 0.2) is 42.9 Å². The van der Waals surface area contributed by atoms with Gasteiger partial charge in [-0.15, -0.1) is 0 Å². The van der Waals surface area contributed by atoms with Crippen molar-refractivity contribution in [3.8, 4) is 0 Å². The zero-order chi connectivity index (χ0) is 16.9. The Hall–Kier alpha value is -3.00. The first-order valence-corrected chi connectivity index (χ1v) is 7.40. The highest BCUT2D eigenvalue weighted by Crippen LogP contribution is 2.17. The Labute approximate surface area is 138 Å². The minimum atomic E-state index is -1.06. The highest BCUT2D eigenvalue weighted by molar-refractivity contribution is 5.95. The molecule has 2 heterocycles. The Bertz CT molecular complexity index is 738. The van der Waals surface area contributed by atoms with Crippen LogP contribution in [0.25, 0.3) is 0 Å². The number of carbonyl (C=O) groups excluding carboxylic acids is 1. The van der Waals surface area contributed by atoms with Gasteiger partial charge in [0.1, 0.15) is 5.82 Å². The van der Waals surface area contributed by atoms with E-state index >= 15 is 0 Å². The summed E-state index contributed by atoms with van der Waals surface area (Å²) in [4.78, 5) is 33.2. The topological polar surface area (TPSA) is 105 Å². The number of benzene rings is 1. The Morgan fingerprint density at radius 2 is 2.21 bits per heavy atom. The summed E-state index contributed by atoms with van der Waals surface area (Å²) in [6, 6.07) is 6.95. The largest absolute Gasteiger partial charge is 0.479 e. The number of aromatic nitrogens is 2. The first-order chi connectivity index (χ1) is 11.6. The molecule has 0 aliphatic carbocycles. The number of carboxylic acids is 1. The van der Waals surface area contributed by atoms with E-state index in [1.807, 2.05) is 6.07 Å². The molecule has 2 aromatic rings. The second kappa shape index (κ2) is 7.05. The van der Waals surface area contributed by atoms with Crippen LogP contribution in [-0.2, 0) is 9.53 Å². The number of carboxylic acid groups (broad SMARTS) is 1. The van der Waals surface area contributed by atoms with Gasteiger partial charge in [0.25, 0.3) is 5.91 Å². The average molecular weight is 328 g/mol. The van der Waals surface area contributed by atoms with E-state index in [-0.39, 0.29) is 19.1 Å². The van der Waals surface area contributed by atoms with Crippen molar-refractivity contribution in [3.63, 3.8) is 0 Å². The minimum Gasteiger partial charge on any atom is -0.479 e. The Morgan fingerprint density at radius 3 is 2.96 bits per heavy atom. The lowest BCUT2D eigenvalue weighted by atomic mass is 10.1. The molecule has 1 amide bonds. The fourth-order valence-electron chi connectivity index (χ4n) is 2.41. The van der Waals surface area contributed by atoms with Crippen LogP contribution in [0.5, 0.6) is 0 Å². The number of anilines is 2. The molecule has 8 nitrogen and oxygen atoms in total. The van der Waals surface area contributed by atoms with Crippen molar-refractivity contribution in [2.24, 2.45) is 0 Å². The second-order valence-corrected chi connectivity index (χ2v) is 5.25. The summed E-state index contributed by atoms with van der Waals surface area (Å²) in [5, 5.41) is 12.1. The maximum atomic E-state index is 12.6. The van der Waals surface area contributed by atoms with Crippen molar-refractivity contribution in [2.75, 3.05) is 25.0 Å². The molecule has 0 unspecified atom stereocenters. The maximum Gasteiger partial charge on any atom is 0.334 e. The van der Waals surface area contributed by atoms with E-state index in [0.29, 0.717) is 23.6 Å². The van der Waals surface area contributed by atoms with Gasteiger partial charge in [-0.25, -0.2) is 9.78 Å². The molecule has 0 radical (unpaired) electrons. The number of nitrogens with zero attached hydrogens (tertiary/aromatic N) is 3. The first-order valence-electron chi connectivity index (χ1n) is 7.40. The summed E-state index contributed by atoms with van der Waals surface area (Å²) >= 11 is 0. The summed E-state index contributed by atoms with van der Waals surface area (Å²) < 4.78 is 5.14. The number of carbonyl (C=O) groups is 2. The number of aliphatic carboxylic acids is 1. The number of nitrogens with one attached hydrogen (secondary N) is 1. The fourth-order valence-corrected chi connectivity index (χ4v) is 2.41. The number of ether oxygens (including phenoxy) is 1. The lowest BCUT2D eigenvalue weighted by Gasteiger charge is -2.31. The van der Waals surface area contributed by atoms with Gasteiger partial charge in [-0.2, -0.15) is 0 Å². The van der Waals surface area contributed by atoms with E-state index in [9.17, 15) is 9.59 Å². The van der Waals surface area contributed by atoms with Crippen LogP contribution in [0.2, 0.25) is 0 Å². The van der Waals surface area contributed by atoms with Crippen molar-refractivity contribution >= 4 is 23.4 Å². The SMILES string of the molecule is O=C(O)[C@@H]1CN(C(=O)c2cccc(Nc3cnccn3)c2)CCO1. The van der Waals surface area contributed by atoms with E-state index < -0.39 is 12.1 Å². The van der Waals surface area contributed by atoms with Crippen molar-refractivity contribution in [1.82, 2.24) is 14.9 Å². The number of rotatable bonds is 4. The predicted molar refractivity (Wildman–Crippen MR) is 85.0 cm³/mol. The molecule has 8 heteroatoms. The molecule has 1 atom stereocenters. The zero-order valence-electron chi connectivity index (χ0n) is 12.8. The highest BCUT2D eigenvalue weighted by atomic mass is 16.5. The van der Waals surface area contributed by atoms with Crippen LogP contribution in [-0.4, -0.2) is 57.7 Å².